The second-order valence-corrected chi connectivity index (χ2v) is 8.74. The third-order valence-electron chi connectivity index (χ3n) is 4.01. The van der Waals surface area contributed by atoms with Crippen LogP contribution >= 0.6 is 11.3 Å². The van der Waals surface area contributed by atoms with Crippen LogP contribution in [0.15, 0.2) is 22.5 Å². The van der Waals surface area contributed by atoms with Crippen LogP contribution in [0.1, 0.15) is 35.9 Å². The van der Waals surface area contributed by atoms with Gasteiger partial charge in [-0.2, -0.15) is 4.31 Å². The zero-order valence-corrected chi connectivity index (χ0v) is 16.4. The molecule has 0 aromatic carbocycles. The number of hydrogen-bond acceptors (Lipinski definition) is 7. The Kier molecular flexibility index (Phi) is 5.92. The minimum Gasteiger partial charge on any atom is -0.466 e. The monoisotopic (exact) mass is 412 g/mol. The Balaban J connectivity index is 1.65. The maximum atomic E-state index is 12.5. The van der Waals surface area contributed by atoms with Gasteiger partial charge < -0.3 is 9.72 Å². The quantitative estimate of drug-likeness (QED) is 0.667. The number of amides is 1. The summed E-state index contributed by atoms with van der Waals surface area (Å²) in [7, 11) is -3.58. The van der Waals surface area contributed by atoms with Crippen LogP contribution in [0.25, 0.3) is 0 Å². The maximum absolute atomic E-state index is 12.5. The molecule has 27 heavy (non-hydrogen) atoms. The fourth-order valence-electron chi connectivity index (χ4n) is 2.70. The predicted molar refractivity (Wildman–Crippen MR) is 99.2 cm³/mol. The van der Waals surface area contributed by atoms with Crippen molar-refractivity contribution < 1.29 is 22.7 Å². The van der Waals surface area contributed by atoms with Gasteiger partial charge in [-0.15, -0.1) is 11.3 Å². The lowest BCUT2D eigenvalue weighted by molar-refractivity contribution is -0.142. The van der Waals surface area contributed by atoms with Gasteiger partial charge in [-0.3, -0.25) is 14.9 Å². The topological polar surface area (TPSA) is 121 Å². The number of carbonyl (C=O) groups is 2. The Bertz CT molecular complexity index is 928. The zero-order valence-electron chi connectivity index (χ0n) is 14.7. The van der Waals surface area contributed by atoms with Crippen molar-refractivity contribution >= 4 is 38.4 Å². The molecule has 1 aliphatic heterocycles. The molecule has 0 spiro atoms. The van der Waals surface area contributed by atoms with E-state index in [1.807, 2.05) is 0 Å². The van der Waals surface area contributed by atoms with E-state index in [9.17, 15) is 18.0 Å². The largest absolute Gasteiger partial charge is 0.466 e. The second kappa shape index (κ2) is 8.19. The van der Waals surface area contributed by atoms with Crippen LogP contribution in [0.4, 0.5) is 5.13 Å². The number of hydrogen-bond donors (Lipinski definition) is 2. The number of thiazole rings is 1. The Morgan fingerprint density at radius 3 is 2.81 bits per heavy atom. The number of aromatic amines is 1. The lowest BCUT2D eigenvalue weighted by atomic mass is 10.3. The highest BCUT2D eigenvalue weighted by molar-refractivity contribution is 7.89. The number of H-pyrrole nitrogens is 1. The van der Waals surface area contributed by atoms with Gasteiger partial charge in [0.2, 0.25) is 10.0 Å². The summed E-state index contributed by atoms with van der Waals surface area (Å²) in [4.78, 5) is 30.7. The molecule has 0 radical (unpaired) electrons. The number of ether oxygens (including phenoxy) is 1. The van der Waals surface area contributed by atoms with E-state index in [4.69, 9.17) is 4.74 Å². The van der Waals surface area contributed by atoms with Gasteiger partial charge >= 0.3 is 5.97 Å². The van der Waals surface area contributed by atoms with Crippen LogP contribution in [0.5, 0.6) is 0 Å². The summed E-state index contributed by atoms with van der Waals surface area (Å²) in [6.07, 6.45) is 3.03. The van der Waals surface area contributed by atoms with Crippen molar-refractivity contribution in [2.45, 2.75) is 31.1 Å². The fourth-order valence-corrected chi connectivity index (χ4v) is 4.92. The van der Waals surface area contributed by atoms with Crippen molar-refractivity contribution in [1.29, 1.82) is 0 Å². The van der Waals surface area contributed by atoms with Crippen molar-refractivity contribution in [2.24, 2.45) is 0 Å². The van der Waals surface area contributed by atoms with Gasteiger partial charge in [0.05, 0.1) is 18.7 Å². The first-order valence-corrected chi connectivity index (χ1v) is 10.8. The van der Waals surface area contributed by atoms with Gasteiger partial charge in [-0.25, -0.2) is 13.4 Å². The number of esters is 1. The smallest absolute Gasteiger partial charge is 0.311 e. The van der Waals surface area contributed by atoms with E-state index in [2.05, 4.69) is 15.3 Å². The number of carbonyl (C=O) groups excluding carboxylic acids is 2. The van der Waals surface area contributed by atoms with Crippen LogP contribution in [-0.4, -0.2) is 54.3 Å². The lowest BCUT2D eigenvalue weighted by Gasteiger charge is -2.13. The average Bonchev–Trinajstić information content (AvgIpc) is 3.37. The predicted octanol–water partition coefficient (Wildman–Crippen LogP) is 1.61. The summed E-state index contributed by atoms with van der Waals surface area (Å²) >= 11 is 1.17. The van der Waals surface area contributed by atoms with Gasteiger partial charge in [0.25, 0.3) is 5.91 Å². The van der Waals surface area contributed by atoms with Crippen LogP contribution in [0, 0.1) is 0 Å². The van der Waals surface area contributed by atoms with E-state index in [0.29, 0.717) is 30.5 Å². The third kappa shape index (κ3) is 4.54. The van der Waals surface area contributed by atoms with E-state index >= 15 is 0 Å². The lowest BCUT2D eigenvalue weighted by Crippen LogP contribution is -2.27. The molecule has 0 unspecified atom stereocenters. The molecule has 0 aliphatic carbocycles. The summed E-state index contributed by atoms with van der Waals surface area (Å²) < 4.78 is 31.3. The number of nitrogens with one attached hydrogen (secondary N) is 2. The van der Waals surface area contributed by atoms with Crippen molar-refractivity contribution in [2.75, 3.05) is 25.0 Å². The number of aromatic nitrogens is 2. The van der Waals surface area contributed by atoms with Gasteiger partial charge in [-0.05, 0) is 25.8 Å². The maximum Gasteiger partial charge on any atom is 0.311 e. The first kappa shape index (κ1) is 19.5. The molecule has 0 atom stereocenters. The summed E-state index contributed by atoms with van der Waals surface area (Å²) in [6.45, 7) is 3.01. The molecule has 2 N–H and O–H groups in total. The Morgan fingerprint density at radius 1 is 1.37 bits per heavy atom. The van der Waals surface area contributed by atoms with Crippen LogP contribution in [-0.2, 0) is 26.0 Å². The molecule has 3 heterocycles. The first-order valence-electron chi connectivity index (χ1n) is 8.50. The minimum absolute atomic E-state index is 0.0287. The average molecular weight is 412 g/mol. The number of nitrogens with zero attached hydrogens (tertiary/aromatic N) is 2. The zero-order chi connectivity index (χ0) is 19.4. The highest BCUT2D eigenvalue weighted by Gasteiger charge is 2.28. The second-order valence-electron chi connectivity index (χ2n) is 5.94. The molecule has 9 nitrogen and oxygen atoms in total. The highest BCUT2D eigenvalue weighted by atomic mass is 32.2. The van der Waals surface area contributed by atoms with E-state index in [1.54, 1.807) is 12.3 Å². The molecule has 11 heteroatoms. The summed E-state index contributed by atoms with van der Waals surface area (Å²) in [5.41, 5.74) is 0.618. The summed E-state index contributed by atoms with van der Waals surface area (Å²) in [5.74, 6) is -0.892. The molecule has 1 fully saturated rings. The van der Waals surface area contributed by atoms with E-state index in [0.717, 1.165) is 12.8 Å². The molecule has 0 bridgehead atoms. The van der Waals surface area contributed by atoms with Crippen molar-refractivity contribution in [1.82, 2.24) is 14.3 Å². The summed E-state index contributed by atoms with van der Waals surface area (Å²) in [5, 5.41) is 4.57. The SMILES string of the molecule is CCOC(=O)Cc1csc(NC(=O)c2cc(S(=O)(=O)N3CCCC3)c[nH]2)n1. The van der Waals surface area contributed by atoms with Gasteiger partial charge in [-0.1, -0.05) is 0 Å². The van der Waals surface area contributed by atoms with Crippen molar-refractivity contribution in [3.8, 4) is 0 Å². The normalized spacial score (nSPS) is 15.0. The highest BCUT2D eigenvalue weighted by Crippen LogP contribution is 2.22. The Morgan fingerprint density at radius 2 is 2.11 bits per heavy atom. The van der Waals surface area contributed by atoms with Gasteiger partial charge in [0, 0.05) is 24.7 Å². The van der Waals surface area contributed by atoms with Crippen LogP contribution in [0.3, 0.4) is 0 Å². The standard InChI is InChI=1S/C16H20N4O5S2/c1-2-25-14(21)7-11-10-26-16(18-11)19-15(22)13-8-12(9-17-13)27(23,24)20-5-3-4-6-20/h8-10,17H,2-7H2,1H3,(H,18,19,22). The summed E-state index contributed by atoms with van der Waals surface area (Å²) in [6, 6.07) is 1.32. The third-order valence-corrected chi connectivity index (χ3v) is 6.69. The van der Waals surface area contributed by atoms with Gasteiger partial charge in [0.1, 0.15) is 10.6 Å². The van der Waals surface area contributed by atoms with Gasteiger partial charge in [0.15, 0.2) is 5.13 Å². The van der Waals surface area contributed by atoms with Crippen molar-refractivity contribution in [3.05, 3.63) is 29.0 Å². The van der Waals surface area contributed by atoms with Crippen LogP contribution in [0.2, 0.25) is 0 Å². The molecule has 1 aliphatic rings. The van der Waals surface area contributed by atoms with E-state index < -0.39 is 15.9 Å². The Hall–Kier alpha value is -2.24. The van der Waals surface area contributed by atoms with E-state index in [-0.39, 0.29) is 23.0 Å². The van der Waals surface area contributed by atoms with E-state index in [1.165, 1.54) is 27.9 Å². The molecular formula is C16H20N4O5S2. The molecule has 3 rings (SSSR count). The fraction of sp³-hybridized carbons (Fsp3) is 0.438. The molecule has 146 valence electrons. The molecule has 1 amide bonds. The molecular weight excluding hydrogens is 392 g/mol. The number of sulfonamides is 1. The minimum atomic E-state index is -3.58. The first-order chi connectivity index (χ1) is 12.9. The molecule has 2 aromatic heterocycles. The number of rotatable bonds is 7. The molecule has 0 saturated carbocycles. The number of anilines is 1. The Labute approximate surface area is 160 Å². The van der Waals surface area contributed by atoms with Crippen molar-refractivity contribution in [3.63, 3.8) is 0 Å². The molecule has 1 saturated heterocycles. The van der Waals surface area contributed by atoms with Crippen LogP contribution < -0.4 is 5.32 Å². The molecule has 2 aromatic rings.